The first-order valence-corrected chi connectivity index (χ1v) is 6.91. The summed E-state index contributed by atoms with van der Waals surface area (Å²) in [5.41, 5.74) is 8.12. The Morgan fingerprint density at radius 1 is 1.05 bits per heavy atom. The Balaban J connectivity index is 2.24. The van der Waals surface area contributed by atoms with Crippen molar-refractivity contribution in [3.05, 3.63) is 58.6 Å². The van der Waals surface area contributed by atoms with Crippen LogP contribution in [0.1, 0.15) is 0 Å². The summed E-state index contributed by atoms with van der Waals surface area (Å²) in [7, 11) is 0. The fraction of sp³-hybridized carbons (Fsp3) is 0. The van der Waals surface area contributed by atoms with Gasteiger partial charge in [-0.25, -0.2) is 8.78 Å². The summed E-state index contributed by atoms with van der Waals surface area (Å²) >= 11 is 3.44. The molecule has 0 aliphatic carbocycles. The van der Waals surface area contributed by atoms with Gasteiger partial charge in [0.1, 0.15) is 11.6 Å². The fourth-order valence-corrected chi connectivity index (χ4v) is 2.68. The Kier molecular flexibility index (Phi) is 3.47. The maximum absolute atomic E-state index is 13.4. The molecule has 106 valence electrons. The number of halogens is 3. The third-order valence-corrected chi connectivity index (χ3v) is 3.78. The molecule has 0 radical (unpaired) electrons. The van der Waals surface area contributed by atoms with Gasteiger partial charge in [-0.3, -0.25) is 5.10 Å². The van der Waals surface area contributed by atoms with Crippen molar-refractivity contribution < 1.29 is 8.78 Å². The zero-order chi connectivity index (χ0) is 15.0. The molecular weight excluding hydrogens is 340 g/mol. The summed E-state index contributed by atoms with van der Waals surface area (Å²) < 4.78 is 27.7. The standard InChI is InChI=1S/C15H10BrF2N3/c16-12-4-2-1-3-11(12)13-14(20-21-15(13)19)8-5-9(17)7-10(18)6-8/h1-7H,(H3,19,20,21). The van der Waals surface area contributed by atoms with Crippen LogP contribution >= 0.6 is 15.9 Å². The number of nitrogens with two attached hydrogens (primary N) is 1. The fourth-order valence-electron chi connectivity index (χ4n) is 2.20. The number of nitrogen functional groups attached to an aromatic ring is 1. The number of nitrogens with one attached hydrogen (secondary N) is 1. The number of nitrogens with zero attached hydrogens (tertiary/aromatic N) is 1. The highest BCUT2D eigenvalue weighted by atomic mass is 79.9. The molecule has 3 nitrogen and oxygen atoms in total. The SMILES string of the molecule is Nc1n[nH]c(-c2cc(F)cc(F)c2)c1-c1ccccc1Br. The van der Waals surface area contributed by atoms with E-state index in [0.29, 0.717) is 16.8 Å². The molecular formula is C15H10BrF2N3. The van der Waals surface area contributed by atoms with Crippen molar-refractivity contribution in [3.63, 3.8) is 0 Å². The monoisotopic (exact) mass is 349 g/mol. The van der Waals surface area contributed by atoms with E-state index < -0.39 is 11.6 Å². The Bertz CT molecular complexity index is 794. The molecule has 0 spiro atoms. The first-order chi connectivity index (χ1) is 10.1. The van der Waals surface area contributed by atoms with Crippen LogP contribution in [0.25, 0.3) is 22.4 Å². The van der Waals surface area contributed by atoms with E-state index >= 15 is 0 Å². The van der Waals surface area contributed by atoms with Gasteiger partial charge in [-0.2, -0.15) is 5.10 Å². The summed E-state index contributed by atoms with van der Waals surface area (Å²) in [6.07, 6.45) is 0. The number of rotatable bonds is 2. The smallest absolute Gasteiger partial charge is 0.153 e. The van der Waals surface area contributed by atoms with Crippen molar-refractivity contribution in [2.75, 3.05) is 5.73 Å². The number of anilines is 1. The van der Waals surface area contributed by atoms with Gasteiger partial charge >= 0.3 is 0 Å². The highest BCUT2D eigenvalue weighted by molar-refractivity contribution is 9.10. The van der Waals surface area contributed by atoms with Gasteiger partial charge in [0.25, 0.3) is 0 Å². The van der Waals surface area contributed by atoms with E-state index in [1.807, 2.05) is 24.3 Å². The van der Waals surface area contributed by atoms with Crippen molar-refractivity contribution in [3.8, 4) is 22.4 Å². The number of H-pyrrole nitrogens is 1. The van der Waals surface area contributed by atoms with E-state index in [4.69, 9.17) is 5.73 Å². The lowest BCUT2D eigenvalue weighted by Crippen LogP contribution is -1.90. The van der Waals surface area contributed by atoms with Crippen molar-refractivity contribution in [2.45, 2.75) is 0 Å². The molecule has 6 heteroatoms. The lowest BCUT2D eigenvalue weighted by Gasteiger charge is -2.07. The molecule has 0 unspecified atom stereocenters. The van der Waals surface area contributed by atoms with Crippen LogP contribution in [0.5, 0.6) is 0 Å². The first-order valence-electron chi connectivity index (χ1n) is 6.11. The van der Waals surface area contributed by atoms with Crippen molar-refractivity contribution >= 4 is 21.7 Å². The summed E-state index contributed by atoms with van der Waals surface area (Å²) in [5, 5.41) is 6.70. The zero-order valence-corrected chi connectivity index (χ0v) is 12.3. The Labute approximate surface area is 127 Å². The minimum absolute atomic E-state index is 0.265. The molecule has 0 amide bonds. The van der Waals surface area contributed by atoms with E-state index in [9.17, 15) is 8.78 Å². The molecule has 0 fully saturated rings. The predicted octanol–water partition coefficient (Wildman–Crippen LogP) is 4.37. The molecule has 0 atom stereocenters. The average molecular weight is 350 g/mol. The molecule has 1 heterocycles. The highest BCUT2D eigenvalue weighted by Gasteiger charge is 2.17. The van der Waals surface area contributed by atoms with Crippen LogP contribution in [-0.4, -0.2) is 10.2 Å². The van der Waals surface area contributed by atoms with Crippen LogP contribution in [0.3, 0.4) is 0 Å². The molecule has 2 aromatic carbocycles. The predicted molar refractivity (Wildman–Crippen MR) is 81.5 cm³/mol. The van der Waals surface area contributed by atoms with E-state index in [1.165, 1.54) is 12.1 Å². The number of benzene rings is 2. The first kappa shape index (κ1) is 13.8. The van der Waals surface area contributed by atoms with E-state index in [2.05, 4.69) is 26.1 Å². The van der Waals surface area contributed by atoms with Crippen LogP contribution in [0.2, 0.25) is 0 Å². The molecule has 3 aromatic rings. The van der Waals surface area contributed by atoms with Crippen LogP contribution in [0.4, 0.5) is 14.6 Å². The lowest BCUT2D eigenvalue weighted by atomic mass is 10.0. The second kappa shape index (κ2) is 5.29. The Morgan fingerprint density at radius 3 is 2.38 bits per heavy atom. The van der Waals surface area contributed by atoms with Gasteiger partial charge in [-0.1, -0.05) is 34.1 Å². The number of hydrogen-bond donors (Lipinski definition) is 2. The van der Waals surface area contributed by atoms with Gasteiger partial charge in [0, 0.05) is 21.7 Å². The summed E-state index contributed by atoms with van der Waals surface area (Å²) in [5.74, 6) is -1.05. The Morgan fingerprint density at radius 2 is 1.71 bits per heavy atom. The van der Waals surface area contributed by atoms with Gasteiger partial charge in [0.15, 0.2) is 5.82 Å². The molecule has 21 heavy (non-hydrogen) atoms. The quantitative estimate of drug-likeness (QED) is 0.721. The van der Waals surface area contributed by atoms with E-state index in [1.54, 1.807) is 0 Å². The van der Waals surface area contributed by atoms with Crippen LogP contribution < -0.4 is 5.73 Å². The molecule has 0 saturated heterocycles. The molecule has 3 rings (SSSR count). The van der Waals surface area contributed by atoms with E-state index in [-0.39, 0.29) is 5.82 Å². The molecule has 0 aliphatic rings. The highest BCUT2D eigenvalue weighted by Crippen LogP contribution is 2.38. The molecule has 0 saturated carbocycles. The van der Waals surface area contributed by atoms with Crippen molar-refractivity contribution in [1.82, 2.24) is 10.2 Å². The van der Waals surface area contributed by atoms with Crippen LogP contribution in [0.15, 0.2) is 46.9 Å². The number of aromatic amines is 1. The second-order valence-electron chi connectivity index (χ2n) is 4.50. The van der Waals surface area contributed by atoms with Crippen LogP contribution in [0, 0.1) is 11.6 Å². The maximum atomic E-state index is 13.4. The second-order valence-corrected chi connectivity index (χ2v) is 5.35. The van der Waals surface area contributed by atoms with Gasteiger partial charge in [-0.05, 0) is 18.2 Å². The topological polar surface area (TPSA) is 54.7 Å². The molecule has 0 bridgehead atoms. The van der Waals surface area contributed by atoms with Gasteiger partial charge in [-0.15, -0.1) is 0 Å². The zero-order valence-electron chi connectivity index (χ0n) is 10.7. The molecule has 0 aliphatic heterocycles. The number of hydrogen-bond acceptors (Lipinski definition) is 2. The normalized spacial score (nSPS) is 10.8. The summed E-state index contributed by atoms with van der Waals surface area (Å²) in [6, 6.07) is 10.7. The van der Waals surface area contributed by atoms with Crippen LogP contribution in [-0.2, 0) is 0 Å². The average Bonchev–Trinajstić information content (AvgIpc) is 2.80. The summed E-state index contributed by atoms with van der Waals surface area (Å²) in [4.78, 5) is 0. The molecule has 1 aromatic heterocycles. The minimum Gasteiger partial charge on any atom is -0.382 e. The van der Waals surface area contributed by atoms with Crippen molar-refractivity contribution in [2.24, 2.45) is 0 Å². The van der Waals surface area contributed by atoms with E-state index in [0.717, 1.165) is 16.1 Å². The minimum atomic E-state index is -0.656. The maximum Gasteiger partial charge on any atom is 0.153 e. The molecule has 3 N–H and O–H groups in total. The largest absolute Gasteiger partial charge is 0.382 e. The third-order valence-electron chi connectivity index (χ3n) is 3.09. The van der Waals surface area contributed by atoms with Gasteiger partial charge in [0.05, 0.1) is 11.3 Å². The van der Waals surface area contributed by atoms with Crippen molar-refractivity contribution in [1.29, 1.82) is 0 Å². The summed E-state index contributed by atoms with van der Waals surface area (Å²) in [6.45, 7) is 0. The Hall–Kier alpha value is -2.21. The lowest BCUT2D eigenvalue weighted by molar-refractivity contribution is 0.584. The number of aromatic nitrogens is 2. The third kappa shape index (κ3) is 2.54. The van der Waals surface area contributed by atoms with Gasteiger partial charge in [0.2, 0.25) is 0 Å². The van der Waals surface area contributed by atoms with Gasteiger partial charge < -0.3 is 5.73 Å².